The highest BCUT2D eigenvalue weighted by Crippen LogP contribution is 2.41. The van der Waals surface area contributed by atoms with Crippen molar-refractivity contribution in [2.24, 2.45) is 16.9 Å². The number of nitrogens with one attached hydrogen (secondary N) is 1. The zero-order valence-corrected chi connectivity index (χ0v) is 36.3. The van der Waals surface area contributed by atoms with Crippen molar-refractivity contribution in [2.75, 3.05) is 19.7 Å². The van der Waals surface area contributed by atoms with Crippen LogP contribution in [0.25, 0.3) is 11.1 Å². The summed E-state index contributed by atoms with van der Waals surface area (Å²) in [6.45, 7) is 5.55. The Bertz CT molecular complexity index is 2000. The molecule has 0 aliphatic carbocycles. The summed E-state index contributed by atoms with van der Waals surface area (Å²) in [4.78, 5) is 72.1. The number of alkyl halides is 3. The lowest BCUT2D eigenvalue weighted by Gasteiger charge is -2.41. The minimum absolute atomic E-state index is 0.00614. The van der Waals surface area contributed by atoms with Gasteiger partial charge < -0.3 is 41.6 Å². The zero-order chi connectivity index (χ0) is 48.2. The van der Waals surface area contributed by atoms with Gasteiger partial charge in [-0.15, -0.1) is 0 Å². The van der Waals surface area contributed by atoms with E-state index in [1.54, 1.807) is 12.3 Å². The number of hydrogen-bond acceptors (Lipinski definition) is 9. The van der Waals surface area contributed by atoms with Gasteiger partial charge in [0.2, 0.25) is 11.8 Å². The first kappa shape index (κ1) is 54.6. The lowest BCUT2D eigenvalue weighted by molar-refractivity contribution is -0.192. The van der Waals surface area contributed by atoms with Crippen LogP contribution in [0.2, 0.25) is 0 Å². The third-order valence-electron chi connectivity index (χ3n) is 10.1. The van der Waals surface area contributed by atoms with E-state index >= 15 is 4.39 Å². The molecular formula is C45H60F5N5O9. The summed E-state index contributed by atoms with van der Waals surface area (Å²) < 4.78 is 63.0. The smallest absolute Gasteiger partial charge is 0.480 e. The van der Waals surface area contributed by atoms with Crippen molar-refractivity contribution >= 4 is 35.3 Å². The van der Waals surface area contributed by atoms with E-state index in [-0.39, 0.29) is 49.5 Å². The molecule has 1 heterocycles. The predicted octanol–water partition coefficient (Wildman–Crippen LogP) is 6.31. The van der Waals surface area contributed by atoms with Crippen LogP contribution in [-0.2, 0) is 35.3 Å². The molecule has 0 fully saturated rings. The Hall–Kier alpha value is -5.53. The molecule has 0 unspecified atom stereocenters. The third-order valence-corrected chi connectivity index (χ3v) is 10.1. The molecule has 64 heavy (non-hydrogen) atoms. The lowest BCUT2D eigenvalue weighted by atomic mass is 9.82. The van der Waals surface area contributed by atoms with Gasteiger partial charge in [0, 0.05) is 68.3 Å². The van der Waals surface area contributed by atoms with Crippen molar-refractivity contribution in [3.63, 3.8) is 0 Å². The summed E-state index contributed by atoms with van der Waals surface area (Å²) in [5, 5.41) is 28.8. The first-order valence-corrected chi connectivity index (χ1v) is 20.9. The molecular weight excluding hydrogens is 850 g/mol. The van der Waals surface area contributed by atoms with E-state index in [1.807, 2.05) is 55.7 Å². The fourth-order valence-electron chi connectivity index (χ4n) is 6.86. The van der Waals surface area contributed by atoms with Gasteiger partial charge >= 0.3 is 18.1 Å². The van der Waals surface area contributed by atoms with Gasteiger partial charge in [0.05, 0.1) is 12.1 Å². The third kappa shape index (κ3) is 19.1. The van der Waals surface area contributed by atoms with Crippen LogP contribution < -0.4 is 16.8 Å². The Morgan fingerprint density at radius 2 is 1.38 bits per heavy atom. The fourth-order valence-corrected chi connectivity index (χ4v) is 6.86. The SMILES string of the molecule is CC(C)(C)[C@H](c1cc(-c2cc(F)ccc2F)cn1Cc1ccccc1)N(CC[C@H](N)C(=O)NCCCC(=O)CCCC(=O)CCCCC[C@H](N)C(=O)O)C(=O)CO.O=C(O)C(F)(F)F. The Morgan fingerprint density at radius 1 is 0.781 bits per heavy atom. The van der Waals surface area contributed by atoms with E-state index < -0.39 is 71.7 Å². The van der Waals surface area contributed by atoms with Crippen molar-refractivity contribution in [1.29, 1.82) is 0 Å². The molecule has 14 nitrogen and oxygen atoms in total. The van der Waals surface area contributed by atoms with Gasteiger partial charge in [0.1, 0.15) is 35.8 Å². The molecule has 8 N–H and O–H groups in total. The Kier molecular flexibility index (Phi) is 22.4. The highest BCUT2D eigenvalue weighted by Gasteiger charge is 2.39. The van der Waals surface area contributed by atoms with Crippen molar-refractivity contribution < 1.29 is 66.0 Å². The van der Waals surface area contributed by atoms with Crippen molar-refractivity contribution in [2.45, 2.75) is 122 Å². The van der Waals surface area contributed by atoms with E-state index in [0.29, 0.717) is 69.2 Å². The van der Waals surface area contributed by atoms with Gasteiger partial charge in [-0.1, -0.05) is 63.9 Å². The van der Waals surface area contributed by atoms with Crippen LogP contribution in [0.5, 0.6) is 0 Å². The van der Waals surface area contributed by atoms with Gasteiger partial charge in [-0.2, -0.15) is 13.2 Å². The summed E-state index contributed by atoms with van der Waals surface area (Å²) in [7, 11) is 0. The number of carbonyl (C=O) groups excluding carboxylic acids is 4. The van der Waals surface area contributed by atoms with Gasteiger partial charge in [0.15, 0.2) is 0 Å². The maximum absolute atomic E-state index is 15.0. The van der Waals surface area contributed by atoms with E-state index in [0.717, 1.165) is 23.8 Å². The normalized spacial score (nSPS) is 12.9. The second-order valence-corrected chi connectivity index (χ2v) is 16.5. The van der Waals surface area contributed by atoms with E-state index in [1.165, 1.54) is 4.90 Å². The number of halogens is 5. The molecule has 0 aliphatic heterocycles. The molecule has 2 amide bonds. The average Bonchev–Trinajstić information content (AvgIpc) is 3.62. The number of nitrogens with two attached hydrogens (primary N) is 2. The number of hydrogen-bond donors (Lipinski definition) is 6. The number of nitrogens with zero attached hydrogens (tertiary/aromatic N) is 2. The maximum Gasteiger partial charge on any atom is 0.490 e. The number of amides is 2. The molecule has 19 heteroatoms. The fraction of sp³-hybridized carbons (Fsp3) is 0.511. The van der Waals surface area contributed by atoms with Gasteiger partial charge in [-0.25, -0.2) is 13.6 Å². The highest BCUT2D eigenvalue weighted by atomic mass is 19.4. The summed E-state index contributed by atoms with van der Waals surface area (Å²) in [5.74, 6) is -6.00. The number of rotatable bonds is 25. The van der Waals surface area contributed by atoms with Crippen molar-refractivity contribution in [3.8, 4) is 11.1 Å². The minimum Gasteiger partial charge on any atom is -0.480 e. The van der Waals surface area contributed by atoms with Crippen LogP contribution in [0.3, 0.4) is 0 Å². The predicted molar refractivity (Wildman–Crippen MR) is 227 cm³/mol. The number of carboxylic acids is 2. The highest BCUT2D eigenvalue weighted by molar-refractivity contribution is 5.83. The zero-order valence-electron chi connectivity index (χ0n) is 36.3. The van der Waals surface area contributed by atoms with Crippen LogP contribution in [0, 0.1) is 17.0 Å². The molecule has 3 atom stereocenters. The molecule has 2 aromatic carbocycles. The first-order valence-electron chi connectivity index (χ1n) is 20.9. The van der Waals surface area contributed by atoms with Gasteiger partial charge in [-0.3, -0.25) is 24.0 Å². The van der Waals surface area contributed by atoms with Gasteiger partial charge in [0.25, 0.3) is 0 Å². The molecule has 0 saturated heterocycles. The molecule has 354 valence electrons. The van der Waals surface area contributed by atoms with Crippen molar-refractivity contribution in [1.82, 2.24) is 14.8 Å². The summed E-state index contributed by atoms with van der Waals surface area (Å²) in [6.07, 6.45) is 1.04. The molecule has 3 rings (SSSR count). The molecule has 0 bridgehead atoms. The van der Waals surface area contributed by atoms with Crippen LogP contribution >= 0.6 is 0 Å². The van der Waals surface area contributed by atoms with E-state index in [4.69, 9.17) is 26.5 Å². The lowest BCUT2D eigenvalue weighted by Crippen LogP contribution is -2.47. The first-order chi connectivity index (χ1) is 30.0. The van der Waals surface area contributed by atoms with Crippen LogP contribution in [0.15, 0.2) is 60.8 Å². The van der Waals surface area contributed by atoms with E-state index in [9.17, 15) is 46.6 Å². The number of aliphatic hydroxyl groups is 1. The average molecular weight is 910 g/mol. The number of Topliss-reactive ketones (excluding diaryl/α,β-unsaturated/α-hetero) is 2. The molecule has 0 saturated carbocycles. The second-order valence-electron chi connectivity index (χ2n) is 16.5. The number of aliphatic carboxylic acids is 2. The number of carboxylic acid groups (broad SMARTS) is 2. The number of ketones is 2. The minimum atomic E-state index is -5.08. The number of aromatic nitrogens is 1. The van der Waals surface area contributed by atoms with Crippen LogP contribution in [0.1, 0.15) is 109 Å². The number of aliphatic hydroxyl groups excluding tert-OH is 1. The monoisotopic (exact) mass is 909 g/mol. The Labute approximate surface area is 369 Å². The van der Waals surface area contributed by atoms with Crippen LogP contribution in [-0.4, -0.2) is 98.1 Å². The van der Waals surface area contributed by atoms with Crippen molar-refractivity contribution in [3.05, 3.63) is 83.7 Å². The molecule has 0 aliphatic rings. The maximum atomic E-state index is 15.0. The second kappa shape index (κ2) is 26.3. The number of unbranched alkanes of at least 4 members (excludes halogenated alkanes) is 2. The molecule has 3 aromatic rings. The van der Waals surface area contributed by atoms with Crippen LogP contribution in [0.4, 0.5) is 22.0 Å². The molecule has 0 spiro atoms. The molecule has 0 radical (unpaired) electrons. The number of benzene rings is 2. The topological polar surface area (TPSA) is 235 Å². The largest absolute Gasteiger partial charge is 0.490 e. The summed E-state index contributed by atoms with van der Waals surface area (Å²) in [6, 6.07) is 11.9. The summed E-state index contributed by atoms with van der Waals surface area (Å²) >= 11 is 0. The van der Waals surface area contributed by atoms with E-state index in [2.05, 4.69) is 5.32 Å². The standard InChI is InChI=1S/C43H59F2N5O7.C2HF3O2/c1-43(2,3)40(38-24-30(34-25-31(44)19-20-35(34)45)27-49(38)26-29-12-6-4-7-13-29)50(39(54)28-51)23-21-36(46)41(55)48-22-11-17-33(53)16-10-15-32(52)14-8-5-9-18-37(47)42(56)57;3-2(4,5)1(6)7/h4,6-7,12-13,19-20,24-25,27,36-37,40,51H,5,8-11,14-18,21-23,26,28,46-47H2,1-3H3,(H,48,55)(H,56,57);(H,6,7)/t36-,37-,40-;/m0./s1. The summed E-state index contributed by atoms with van der Waals surface area (Å²) in [5.41, 5.74) is 13.2. The van der Waals surface area contributed by atoms with Gasteiger partial charge in [-0.05, 0) is 67.3 Å². The molecule has 1 aromatic heterocycles. The number of carbonyl (C=O) groups is 6. The Morgan fingerprint density at radius 3 is 1.94 bits per heavy atom. The Balaban J connectivity index is 0.00000185. The quantitative estimate of drug-likeness (QED) is 0.0407.